The van der Waals surface area contributed by atoms with E-state index in [0.29, 0.717) is 23.8 Å². The van der Waals surface area contributed by atoms with Gasteiger partial charge in [-0.15, -0.1) is 11.3 Å². The summed E-state index contributed by atoms with van der Waals surface area (Å²) in [5.74, 6) is -0.226. The van der Waals surface area contributed by atoms with Crippen molar-refractivity contribution in [3.63, 3.8) is 0 Å². The van der Waals surface area contributed by atoms with Crippen molar-refractivity contribution in [2.75, 3.05) is 31.5 Å². The van der Waals surface area contributed by atoms with Crippen LogP contribution < -0.4 is 10.2 Å². The first kappa shape index (κ1) is 21.4. The second-order valence-corrected chi connectivity index (χ2v) is 7.92. The summed E-state index contributed by atoms with van der Waals surface area (Å²) in [5.41, 5.74) is 1.61. The Morgan fingerprint density at radius 1 is 1.26 bits per heavy atom. The monoisotopic (exact) mass is 408 g/mol. The minimum atomic E-state index is -0.216. The Bertz CT molecular complexity index is 765. The van der Waals surface area contributed by atoms with E-state index in [1.807, 2.05) is 31.4 Å². The fraction of sp³-hybridized carbons (Fsp3) is 0.400. The number of carbonyl (C=O) groups is 2. The first-order valence-electron chi connectivity index (χ1n) is 9.12. The molecule has 0 bridgehead atoms. The number of thiophene rings is 1. The number of nitrogens with zero attached hydrogens (tertiary/aromatic N) is 1. The Labute approximate surface area is 169 Å². The average molecular weight is 409 g/mol. The Morgan fingerprint density at radius 3 is 2.67 bits per heavy atom. The zero-order valence-corrected chi connectivity index (χ0v) is 17.6. The van der Waals surface area contributed by atoms with Gasteiger partial charge in [0, 0.05) is 17.3 Å². The van der Waals surface area contributed by atoms with Crippen molar-refractivity contribution in [1.82, 2.24) is 4.90 Å². The molecule has 2 aromatic rings. The van der Waals surface area contributed by atoms with Crippen LogP contribution >= 0.6 is 22.9 Å². The topological polar surface area (TPSA) is 53.9 Å². The van der Waals surface area contributed by atoms with Crippen LogP contribution in [0.15, 0.2) is 35.7 Å². The van der Waals surface area contributed by atoms with Crippen molar-refractivity contribution >= 4 is 40.4 Å². The van der Waals surface area contributed by atoms with Crippen LogP contribution in [0.5, 0.6) is 0 Å². The smallest absolute Gasteiger partial charge is 0.278 e. The van der Waals surface area contributed by atoms with Crippen LogP contribution in [0.2, 0.25) is 5.02 Å². The number of aryl methyl sites for hydroxylation is 1. The normalized spacial score (nSPS) is 11.9. The maximum atomic E-state index is 12.7. The molecule has 7 heteroatoms. The second-order valence-electron chi connectivity index (χ2n) is 6.45. The highest BCUT2D eigenvalue weighted by atomic mass is 35.5. The third-order valence-corrected chi connectivity index (χ3v) is 5.56. The van der Waals surface area contributed by atoms with E-state index >= 15 is 0 Å². The molecule has 0 fully saturated rings. The van der Waals surface area contributed by atoms with E-state index in [0.717, 1.165) is 18.7 Å². The number of hydrogen-bond acceptors (Lipinski definition) is 3. The van der Waals surface area contributed by atoms with Crippen LogP contribution in [0.25, 0.3) is 0 Å². The summed E-state index contributed by atoms with van der Waals surface area (Å²) in [7, 11) is 0. The third-order valence-electron chi connectivity index (χ3n) is 4.45. The van der Waals surface area contributed by atoms with Crippen LogP contribution in [0.3, 0.4) is 0 Å². The molecule has 1 aromatic heterocycles. The molecule has 0 aliphatic carbocycles. The summed E-state index contributed by atoms with van der Waals surface area (Å²) in [6.45, 7) is 8.46. The summed E-state index contributed by atoms with van der Waals surface area (Å²) < 4.78 is 0. The SMILES string of the molecule is CCN(CC(=O)Nc1cc(Cl)ccc1C)C(=O)C[NH+](CC)Cc1cccs1. The van der Waals surface area contributed by atoms with Gasteiger partial charge in [0.25, 0.3) is 5.91 Å². The third kappa shape index (κ3) is 6.65. The lowest BCUT2D eigenvalue weighted by molar-refractivity contribution is -0.904. The minimum Gasteiger partial charge on any atom is -0.329 e. The summed E-state index contributed by atoms with van der Waals surface area (Å²) in [6, 6.07) is 9.47. The number of hydrogen-bond donors (Lipinski definition) is 2. The zero-order valence-electron chi connectivity index (χ0n) is 16.0. The van der Waals surface area contributed by atoms with E-state index in [1.54, 1.807) is 28.4 Å². The van der Waals surface area contributed by atoms with Crippen LogP contribution in [0.1, 0.15) is 24.3 Å². The highest BCUT2D eigenvalue weighted by molar-refractivity contribution is 7.09. The molecular formula is C20H27ClN3O2S+. The number of carbonyl (C=O) groups excluding carboxylic acids is 2. The Balaban J connectivity index is 1.93. The Hall–Kier alpha value is -1.89. The van der Waals surface area contributed by atoms with Gasteiger partial charge in [-0.1, -0.05) is 23.7 Å². The molecule has 2 rings (SSSR count). The van der Waals surface area contributed by atoms with Crippen LogP contribution in [0.4, 0.5) is 5.69 Å². The number of nitrogens with one attached hydrogen (secondary N) is 2. The first-order valence-corrected chi connectivity index (χ1v) is 10.4. The molecule has 1 aromatic carbocycles. The van der Waals surface area contributed by atoms with Crippen LogP contribution in [-0.2, 0) is 16.1 Å². The largest absolute Gasteiger partial charge is 0.329 e. The fourth-order valence-corrected chi connectivity index (χ4v) is 3.71. The summed E-state index contributed by atoms with van der Waals surface area (Å²) >= 11 is 7.70. The molecule has 0 saturated heterocycles. The quantitative estimate of drug-likeness (QED) is 0.670. The molecule has 27 heavy (non-hydrogen) atoms. The zero-order chi connectivity index (χ0) is 19.8. The van der Waals surface area contributed by atoms with E-state index in [-0.39, 0.29) is 18.4 Å². The van der Waals surface area contributed by atoms with E-state index < -0.39 is 0 Å². The van der Waals surface area contributed by atoms with Gasteiger partial charge in [0.2, 0.25) is 5.91 Å². The molecule has 0 saturated carbocycles. The lowest BCUT2D eigenvalue weighted by atomic mass is 10.2. The molecule has 1 heterocycles. The van der Waals surface area contributed by atoms with E-state index in [1.165, 1.54) is 9.78 Å². The maximum Gasteiger partial charge on any atom is 0.278 e. The van der Waals surface area contributed by atoms with Crippen molar-refractivity contribution in [3.8, 4) is 0 Å². The van der Waals surface area contributed by atoms with Gasteiger partial charge >= 0.3 is 0 Å². The van der Waals surface area contributed by atoms with Gasteiger partial charge in [0.1, 0.15) is 13.1 Å². The minimum absolute atomic E-state index is 0.0103. The van der Waals surface area contributed by atoms with Crippen molar-refractivity contribution in [2.45, 2.75) is 27.3 Å². The van der Waals surface area contributed by atoms with E-state index in [9.17, 15) is 9.59 Å². The van der Waals surface area contributed by atoms with Crippen molar-refractivity contribution in [1.29, 1.82) is 0 Å². The van der Waals surface area contributed by atoms with Crippen LogP contribution in [0, 0.1) is 6.92 Å². The van der Waals surface area contributed by atoms with Gasteiger partial charge in [-0.2, -0.15) is 0 Å². The summed E-state index contributed by atoms with van der Waals surface area (Å²) in [5, 5.41) is 5.46. The molecule has 146 valence electrons. The van der Waals surface area contributed by atoms with Crippen molar-refractivity contribution < 1.29 is 14.5 Å². The molecule has 1 unspecified atom stereocenters. The highest BCUT2D eigenvalue weighted by Gasteiger charge is 2.21. The molecule has 0 aliphatic rings. The summed E-state index contributed by atoms with van der Waals surface area (Å²) in [6.07, 6.45) is 0. The molecule has 5 nitrogen and oxygen atoms in total. The molecule has 0 spiro atoms. The van der Waals surface area contributed by atoms with Gasteiger partial charge < -0.3 is 15.1 Å². The average Bonchev–Trinajstić information content (AvgIpc) is 3.15. The first-order chi connectivity index (χ1) is 12.9. The molecule has 0 aliphatic heterocycles. The number of benzene rings is 1. The van der Waals surface area contributed by atoms with Gasteiger partial charge in [-0.25, -0.2) is 0 Å². The molecule has 0 radical (unpaired) electrons. The Kier molecular flexibility index (Phi) is 8.28. The number of halogens is 1. The standard InChI is InChI=1S/C20H26ClN3O2S/c1-4-23(12-17-7-6-10-27-17)14-20(26)24(5-2)13-19(25)22-18-11-16(21)9-8-15(18)3/h6-11H,4-5,12-14H2,1-3H3,(H,22,25)/p+1. The summed E-state index contributed by atoms with van der Waals surface area (Å²) in [4.78, 5) is 29.1. The van der Waals surface area contributed by atoms with E-state index in [2.05, 4.69) is 18.3 Å². The Morgan fingerprint density at radius 2 is 2.04 bits per heavy atom. The molecular weight excluding hydrogens is 382 g/mol. The van der Waals surface area contributed by atoms with Crippen molar-refractivity contribution in [2.24, 2.45) is 0 Å². The van der Waals surface area contributed by atoms with Gasteiger partial charge in [0.05, 0.1) is 11.4 Å². The maximum absolute atomic E-state index is 12.7. The fourth-order valence-electron chi connectivity index (χ4n) is 2.77. The number of likely N-dealkylation sites (N-methyl/N-ethyl adjacent to an activating group) is 2. The van der Waals surface area contributed by atoms with Gasteiger partial charge in [-0.05, 0) is 49.9 Å². The van der Waals surface area contributed by atoms with Crippen molar-refractivity contribution in [3.05, 3.63) is 51.2 Å². The van der Waals surface area contributed by atoms with E-state index in [4.69, 9.17) is 11.6 Å². The van der Waals surface area contributed by atoms with Gasteiger partial charge in [-0.3, -0.25) is 9.59 Å². The number of rotatable bonds is 9. The van der Waals surface area contributed by atoms with Crippen LogP contribution in [-0.4, -0.2) is 42.9 Å². The lowest BCUT2D eigenvalue weighted by Crippen LogP contribution is -3.11. The number of quaternary nitrogens is 1. The predicted octanol–water partition coefficient (Wildman–Crippen LogP) is 2.60. The molecule has 2 amide bonds. The highest BCUT2D eigenvalue weighted by Crippen LogP contribution is 2.20. The predicted molar refractivity (Wildman–Crippen MR) is 111 cm³/mol. The number of amides is 2. The lowest BCUT2D eigenvalue weighted by Gasteiger charge is -2.23. The molecule has 1 atom stereocenters. The van der Waals surface area contributed by atoms with Gasteiger partial charge in [0.15, 0.2) is 6.54 Å². The number of anilines is 1. The molecule has 2 N–H and O–H groups in total. The second kappa shape index (κ2) is 10.4.